The molecule has 6 nitrogen and oxygen atoms in total. The molecule has 0 bridgehead atoms. The highest BCUT2D eigenvalue weighted by Crippen LogP contribution is 2.31. The van der Waals surface area contributed by atoms with Gasteiger partial charge in [0.1, 0.15) is 0 Å². The van der Waals surface area contributed by atoms with Crippen LogP contribution < -0.4 is 9.47 Å². The highest BCUT2D eigenvalue weighted by atomic mass is 16.5. The molecule has 0 radical (unpaired) electrons. The van der Waals surface area contributed by atoms with E-state index in [2.05, 4.69) is 20.4 Å². The molecule has 2 heterocycles. The Morgan fingerprint density at radius 1 is 0.812 bits per heavy atom. The van der Waals surface area contributed by atoms with Crippen molar-refractivity contribution in [2.45, 2.75) is 0 Å². The van der Waals surface area contributed by atoms with Crippen LogP contribution in [0.25, 0.3) is 11.1 Å². The highest BCUT2D eigenvalue weighted by Gasteiger charge is 2.12. The van der Waals surface area contributed by atoms with Gasteiger partial charge in [0, 0.05) is 0 Å². The Morgan fingerprint density at radius 2 is 1.25 bits per heavy atom. The van der Waals surface area contributed by atoms with Gasteiger partial charge in [-0.2, -0.15) is 10.2 Å². The first kappa shape index (κ1) is 10.3. The van der Waals surface area contributed by atoms with Crippen LogP contribution in [0.2, 0.25) is 0 Å². The maximum Gasteiger partial charge on any atom is 0.241 e. The predicted octanol–water partition coefficient (Wildman–Crippen LogP) is 0.951. The molecule has 0 amide bonds. The quantitative estimate of drug-likeness (QED) is 0.763. The second-order valence-electron chi connectivity index (χ2n) is 2.91. The van der Waals surface area contributed by atoms with Crippen LogP contribution in [0.5, 0.6) is 11.8 Å². The normalized spacial score (nSPS) is 9.88. The number of hydrogen-bond acceptors (Lipinski definition) is 6. The number of rotatable bonds is 3. The molecule has 0 spiro atoms. The third kappa shape index (κ3) is 1.77. The Labute approximate surface area is 92.3 Å². The summed E-state index contributed by atoms with van der Waals surface area (Å²) in [5.41, 5.74) is 1.54. The average molecular weight is 218 g/mol. The molecule has 0 aliphatic heterocycles. The molecule has 0 unspecified atom stereocenters. The second kappa shape index (κ2) is 4.52. The van der Waals surface area contributed by atoms with Crippen LogP contribution in [0.1, 0.15) is 0 Å². The number of aromatic nitrogens is 4. The molecule has 2 rings (SSSR count). The predicted molar refractivity (Wildman–Crippen MR) is 56.2 cm³/mol. The third-order valence-electron chi connectivity index (χ3n) is 2.05. The van der Waals surface area contributed by atoms with Crippen LogP contribution in [0.15, 0.2) is 24.5 Å². The molecule has 0 aliphatic carbocycles. The van der Waals surface area contributed by atoms with E-state index in [0.29, 0.717) is 11.8 Å². The Hall–Kier alpha value is -2.24. The van der Waals surface area contributed by atoms with Gasteiger partial charge in [0.25, 0.3) is 0 Å². The lowest BCUT2D eigenvalue weighted by Crippen LogP contribution is -1.97. The standard InChI is InChI=1S/C10H10N4O2/c1-15-9-7(3-5-11-13-9)8-4-6-12-14-10(8)16-2/h3-6H,1-2H3. The SMILES string of the molecule is COc1nnccc1-c1ccnnc1OC. The monoisotopic (exact) mass is 218 g/mol. The lowest BCUT2D eigenvalue weighted by Gasteiger charge is -2.08. The van der Waals surface area contributed by atoms with E-state index in [1.54, 1.807) is 24.5 Å². The summed E-state index contributed by atoms with van der Waals surface area (Å²) in [5.74, 6) is 0.850. The van der Waals surface area contributed by atoms with Gasteiger partial charge in [0.2, 0.25) is 11.8 Å². The molecule has 0 saturated heterocycles. The van der Waals surface area contributed by atoms with Gasteiger partial charge in [0.15, 0.2) is 0 Å². The van der Waals surface area contributed by atoms with Crippen molar-refractivity contribution in [2.24, 2.45) is 0 Å². The first-order valence-electron chi connectivity index (χ1n) is 4.58. The summed E-state index contributed by atoms with van der Waals surface area (Å²) >= 11 is 0. The number of nitrogens with zero attached hydrogens (tertiary/aromatic N) is 4. The maximum absolute atomic E-state index is 5.12. The van der Waals surface area contributed by atoms with E-state index in [9.17, 15) is 0 Å². The van der Waals surface area contributed by atoms with Crippen LogP contribution in [0.3, 0.4) is 0 Å². The van der Waals surface area contributed by atoms with Crippen LogP contribution in [-0.4, -0.2) is 34.6 Å². The second-order valence-corrected chi connectivity index (χ2v) is 2.91. The van der Waals surface area contributed by atoms with Gasteiger partial charge in [-0.25, -0.2) is 0 Å². The van der Waals surface area contributed by atoms with Crippen molar-refractivity contribution < 1.29 is 9.47 Å². The largest absolute Gasteiger partial charge is 0.479 e. The first-order chi connectivity index (χ1) is 7.86. The first-order valence-corrected chi connectivity index (χ1v) is 4.58. The van der Waals surface area contributed by atoms with E-state index in [1.807, 2.05) is 0 Å². The van der Waals surface area contributed by atoms with Crippen molar-refractivity contribution in [3.8, 4) is 22.9 Å². The molecule has 0 aliphatic rings. The van der Waals surface area contributed by atoms with Crippen molar-refractivity contribution in [3.63, 3.8) is 0 Å². The fourth-order valence-electron chi connectivity index (χ4n) is 1.35. The van der Waals surface area contributed by atoms with Crippen LogP contribution in [0.4, 0.5) is 0 Å². The van der Waals surface area contributed by atoms with E-state index in [4.69, 9.17) is 9.47 Å². The fourth-order valence-corrected chi connectivity index (χ4v) is 1.35. The molecule has 2 aromatic heterocycles. The highest BCUT2D eigenvalue weighted by molar-refractivity contribution is 5.71. The Bertz CT molecular complexity index is 444. The molecule has 0 aromatic carbocycles. The van der Waals surface area contributed by atoms with Crippen molar-refractivity contribution in [2.75, 3.05) is 14.2 Å². The Morgan fingerprint density at radius 3 is 1.62 bits per heavy atom. The molecule has 2 aromatic rings. The van der Waals surface area contributed by atoms with E-state index in [1.165, 1.54) is 14.2 Å². The van der Waals surface area contributed by atoms with Crippen molar-refractivity contribution in [1.29, 1.82) is 0 Å². The minimum atomic E-state index is 0.425. The maximum atomic E-state index is 5.12. The molecule has 16 heavy (non-hydrogen) atoms. The van der Waals surface area contributed by atoms with Crippen LogP contribution >= 0.6 is 0 Å². The molecule has 0 atom stereocenters. The van der Waals surface area contributed by atoms with E-state index >= 15 is 0 Å². The van der Waals surface area contributed by atoms with Gasteiger partial charge in [0.05, 0.1) is 37.7 Å². The zero-order chi connectivity index (χ0) is 11.4. The number of methoxy groups -OCH3 is 2. The third-order valence-corrected chi connectivity index (χ3v) is 2.05. The summed E-state index contributed by atoms with van der Waals surface area (Å²) in [6, 6.07) is 3.57. The summed E-state index contributed by atoms with van der Waals surface area (Å²) in [5, 5.41) is 15.2. The van der Waals surface area contributed by atoms with Gasteiger partial charge in [-0.15, -0.1) is 10.2 Å². The Balaban J connectivity index is 2.58. The molecule has 6 heteroatoms. The zero-order valence-electron chi connectivity index (χ0n) is 8.91. The minimum absolute atomic E-state index is 0.425. The lowest BCUT2D eigenvalue weighted by atomic mass is 10.1. The topological polar surface area (TPSA) is 70.0 Å². The molecule has 0 N–H and O–H groups in total. The molecular weight excluding hydrogens is 208 g/mol. The summed E-state index contributed by atoms with van der Waals surface area (Å²) in [4.78, 5) is 0. The number of hydrogen-bond donors (Lipinski definition) is 0. The summed E-state index contributed by atoms with van der Waals surface area (Å²) in [6.07, 6.45) is 3.16. The zero-order valence-corrected chi connectivity index (χ0v) is 8.91. The van der Waals surface area contributed by atoms with Gasteiger partial charge in [-0.05, 0) is 12.1 Å². The van der Waals surface area contributed by atoms with Crippen LogP contribution in [0, 0.1) is 0 Å². The van der Waals surface area contributed by atoms with Crippen LogP contribution in [-0.2, 0) is 0 Å². The van der Waals surface area contributed by atoms with Gasteiger partial charge in [-0.1, -0.05) is 0 Å². The van der Waals surface area contributed by atoms with Crippen molar-refractivity contribution in [1.82, 2.24) is 20.4 Å². The average Bonchev–Trinajstić information content (AvgIpc) is 2.38. The lowest BCUT2D eigenvalue weighted by molar-refractivity contribution is 0.387. The van der Waals surface area contributed by atoms with Crippen molar-refractivity contribution >= 4 is 0 Å². The van der Waals surface area contributed by atoms with E-state index in [0.717, 1.165) is 11.1 Å². The molecule has 0 fully saturated rings. The Kier molecular flexibility index (Phi) is 2.90. The smallest absolute Gasteiger partial charge is 0.241 e. The van der Waals surface area contributed by atoms with E-state index < -0.39 is 0 Å². The summed E-state index contributed by atoms with van der Waals surface area (Å²) in [7, 11) is 3.07. The molecule has 82 valence electrons. The van der Waals surface area contributed by atoms with Crippen molar-refractivity contribution in [3.05, 3.63) is 24.5 Å². The number of ether oxygens (including phenoxy) is 2. The fraction of sp³-hybridized carbons (Fsp3) is 0.200. The molecule has 0 saturated carbocycles. The van der Waals surface area contributed by atoms with Gasteiger partial charge in [-0.3, -0.25) is 0 Å². The molecular formula is C10H10N4O2. The van der Waals surface area contributed by atoms with Gasteiger partial charge >= 0.3 is 0 Å². The van der Waals surface area contributed by atoms with E-state index in [-0.39, 0.29) is 0 Å². The van der Waals surface area contributed by atoms with Gasteiger partial charge < -0.3 is 9.47 Å². The summed E-state index contributed by atoms with van der Waals surface area (Å²) < 4.78 is 10.2. The minimum Gasteiger partial charge on any atom is -0.479 e. The summed E-state index contributed by atoms with van der Waals surface area (Å²) in [6.45, 7) is 0.